The van der Waals surface area contributed by atoms with Gasteiger partial charge in [-0.1, -0.05) is 66.7 Å². The summed E-state index contributed by atoms with van der Waals surface area (Å²) >= 11 is 0. The fourth-order valence-corrected chi connectivity index (χ4v) is 4.99. The number of imide groups is 1. The molecule has 3 atom stereocenters. The number of rotatable bonds is 4. The number of para-hydroxylation sites is 1. The molecule has 2 heterocycles. The van der Waals surface area contributed by atoms with E-state index in [-0.39, 0.29) is 11.6 Å². The van der Waals surface area contributed by atoms with E-state index in [2.05, 4.69) is 0 Å². The van der Waals surface area contributed by atoms with Crippen LogP contribution in [0.4, 0.5) is 17.1 Å². The second kappa shape index (κ2) is 8.03. The Morgan fingerprint density at radius 1 is 0.771 bits per heavy atom. The minimum atomic E-state index is -1.01. The fourth-order valence-electron chi connectivity index (χ4n) is 4.99. The minimum absolute atomic E-state index is 0.0540. The summed E-state index contributed by atoms with van der Waals surface area (Å²) in [7, 11) is 0. The van der Waals surface area contributed by atoms with Gasteiger partial charge in [-0.15, -0.1) is 0 Å². The smallest absolute Gasteiger partial charge is 0.269 e. The second-order valence-corrected chi connectivity index (χ2v) is 8.52. The molecule has 4 aromatic carbocycles. The number of fused-ring (bicyclic) bond motifs is 2. The van der Waals surface area contributed by atoms with Crippen molar-refractivity contribution in [2.45, 2.75) is 12.1 Å². The van der Waals surface area contributed by atoms with Crippen molar-refractivity contribution < 1.29 is 19.3 Å². The summed E-state index contributed by atoms with van der Waals surface area (Å²) in [5.74, 6) is -1.61. The highest BCUT2D eigenvalue weighted by atomic mass is 16.7. The lowest BCUT2D eigenvalue weighted by molar-refractivity contribution is -0.384. The normalized spacial score (nSPS) is 21.5. The second-order valence-electron chi connectivity index (χ2n) is 8.52. The first-order valence-corrected chi connectivity index (χ1v) is 11.2. The van der Waals surface area contributed by atoms with Gasteiger partial charge in [-0.25, -0.2) is 9.96 Å². The topological polar surface area (TPSA) is 93.0 Å². The van der Waals surface area contributed by atoms with Crippen molar-refractivity contribution in [1.82, 2.24) is 0 Å². The average molecular weight is 465 g/mol. The molecule has 2 aliphatic rings. The number of carbonyl (C=O) groups excluding carboxylic acids is 2. The summed E-state index contributed by atoms with van der Waals surface area (Å²) in [6.07, 6.45) is -1.01. The summed E-state index contributed by atoms with van der Waals surface area (Å²) in [6, 6.07) is 27.7. The lowest BCUT2D eigenvalue weighted by Gasteiger charge is -2.29. The van der Waals surface area contributed by atoms with E-state index in [4.69, 9.17) is 4.84 Å². The number of nitrogens with zero attached hydrogens (tertiary/aromatic N) is 3. The monoisotopic (exact) mass is 465 g/mol. The molecular weight excluding hydrogens is 446 g/mol. The van der Waals surface area contributed by atoms with Crippen LogP contribution in [0.2, 0.25) is 0 Å². The number of hydroxylamine groups is 1. The lowest BCUT2D eigenvalue weighted by Crippen LogP contribution is -2.37. The number of nitro groups is 1. The number of hydrogen-bond donors (Lipinski definition) is 0. The van der Waals surface area contributed by atoms with E-state index in [1.807, 2.05) is 66.7 Å². The summed E-state index contributed by atoms with van der Waals surface area (Å²) in [6.45, 7) is 0. The van der Waals surface area contributed by atoms with Crippen LogP contribution in [0.3, 0.4) is 0 Å². The lowest BCUT2D eigenvalue weighted by atomic mass is 9.90. The number of anilines is 2. The van der Waals surface area contributed by atoms with Gasteiger partial charge in [0.15, 0.2) is 6.10 Å². The molecule has 2 amide bonds. The van der Waals surface area contributed by atoms with Crippen LogP contribution in [0.25, 0.3) is 10.8 Å². The molecular formula is C27H19N3O5. The van der Waals surface area contributed by atoms with Gasteiger partial charge in [0.2, 0.25) is 5.91 Å². The van der Waals surface area contributed by atoms with Gasteiger partial charge in [-0.2, -0.15) is 0 Å². The van der Waals surface area contributed by atoms with Crippen LogP contribution in [0.1, 0.15) is 11.6 Å². The molecule has 172 valence electrons. The maximum Gasteiger partial charge on any atom is 0.269 e. The number of non-ortho nitro benzene ring substituents is 1. The maximum absolute atomic E-state index is 13.9. The Balaban J connectivity index is 1.45. The third-order valence-corrected chi connectivity index (χ3v) is 6.58. The molecule has 8 heteroatoms. The molecule has 0 aliphatic carbocycles. The van der Waals surface area contributed by atoms with E-state index in [9.17, 15) is 19.7 Å². The first-order chi connectivity index (χ1) is 17.0. The van der Waals surface area contributed by atoms with Crippen LogP contribution in [0.5, 0.6) is 0 Å². The highest BCUT2D eigenvalue weighted by Crippen LogP contribution is 2.48. The van der Waals surface area contributed by atoms with Gasteiger partial charge in [0.05, 0.1) is 22.3 Å². The zero-order valence-electron chi connectivity index (χ0n) is 18.4. The number of hydrogen-bond acceptors (Lipinski definition) is 6. The minimum Gasteiger partial charge on any atom is -0.273 e. The molecule has 3 unspecified atom stereocenters. The van der Waals surface area contributed by atoms with Gasteiger partial charge < -0.3 is 0 Å². The van der Waals surface area contributed by atoms with Gasteiger partial charge in [0, 0.05) is 17.5 Å². The van der Waals surface area contributed by atoms with Crippen molar-refractivity contribution in [3.8, 4) is 0 Å². The van der Waals surface area contributed by atoms with E-state index < -0.39 is 28.9 Å². The molecule has 0 N–H and O–H groups in total. The quantitative estimate of drug-likeness (QED) is 0.244. The van der Waals surface area contributed by atoms with Crippen molar-refractivity contribution in [2.24, 2.45) is 5.92 Å². The molecule has 0 saturated carbocycles. The van der Waals surface area contributed by atoms with Gasteiger partial charge in [-0.3, -0.25) is 24.5 Å². The van der Waals surface area contributed by atoms with Gasteiger partial charge in [0.1, 0.15) is 5.92 Å². The number of nitro benzene ring substituents is 1. The van der Waals surface area contributed by atoms with E-state index in [0.29, 0.717) is 16.9 Å². The Labute approximate surface area is 200 Å². The predicted octanol–water partition coefficient (Wildman–Crippen LogP) is 4.80. The van der Waals surface area contributed by atoms with Crippen LogP contribution in [0, 0.1) is 16.0 Å². The van der Waals surface area contributed by atoms with Crippen LogP contribution < -0.4 is 9.96 Å². The molecule has 2 saturated heterocycles. The highest BCUT2D eigenvalue weighted by Gasteiger charge is 2.60. The van der Waals surface area contributed by atoms with E-state index >= 15 is 0 Å². The van der Waals surface area contributed by atoms with Crippen molar-refractivity contribution >= 4 is 39.6 Å². The van der Waals surface area contributed by atoms with E-state index in [1.54, 1.807) is 23.3 Å². The largest absolute Gasteiger partial charge is 0.273 e. The van der Waals surface area contributed by atoms with E-state index in [0.717, 1.165) is 10.8 Å². The fraction of sp³-hybridized carbons (Fsp3) is 0.111. The van der Waals surface area contributed by atoms with Crippen molar-refractivity contribution in [2.75, 3.05) is 9.96 Å². The summed E-state index contributed by atoms with van der Waals surface area (Å²) < 4.78 is 0. The van der Waals surface area contributed by atoms with Gasteiger partial charge in [0.25, 0.3) is 11.6 Å². The molecule has 35 heavy (non-hydrogen) atoms. The Bertz CT molecular complexity index is 1470. The van der Waals surface area contributed by atoms with Crippen LogP contribution in [-0.2, 0) is 14.4 Å². The molecule has 0 radical (unpaired) electrons. The summed E-state index contributed by atoms with van der Waals surface area (Å²) in [5.41, 5.74) is 1.79. The maximum atomic E-state index is 13.9. The summed E-state index contributed by atoms with van der Waals surface area (Å²) in [5, 5.41) is 14.5. The molecule has 0 spiro atoms. The van der Waals surface area contributed by atoms with Crippen molar-refractivity contribution in [1.29, 1.82) is 0 Å². The number of carbonyl (C=O) groups is 2. The van der Waals surface area contributed by atoms with Crippen LogP contribution in [-0.4, -0.2) is 22.8 Å². The Hall–Kier alpha value is -4.56. The Morgan fingerprint density at radius 2 is 1.46 bits per heavy atom. The third-order valence-electron chi connectivity index (χ3n) is 6.58. The highest BCUT2D eigenvalue weighted by molar-refractivity contribution is 6.26. The van der Waals surface area contributed by atoms with E-state index in [1.165, 1.54) is 17.0 Å². The zero-order valence-corrected chi connectivity index (χ0v) is 18.4. The zero-order chi connectivity index (χ0) is 24.1. The number of benzene rings is 4. The first kappa shape index (κ1) is 21.0. The Morgan fingerprint density at radius 3 is 2.20 bits per heavy atom. The molecule has 0 aromatic heterocycles. The SMILES string of the molecule is O=C1C2ON(c3ccccc3)C(c3ccc([N+](=O)[O-])cc3)C2C(=O)N1c1cccc2ccccc12. The predicted molar refractivity (Wildman–Crippen MR) is 130 cm³/mol. The molecule has 6 rings (SSSR count). The molecule has 2 fully saturated rings. The van der Waals surface area contributed by atoms with Crippen LogP contribution in [0.15, 0.2) is 97.1 Å². The standard InChI is InChI=1S/C27H19N3O5/c31-26-23-24(18-13-15-20(16-14-18)30(33)34)29(19-9-2-1-3-10-19)35-25(23)27(32)28(26)22-12-6-8-17-7-4-5-11-21(17)22/h1-16,23-25H. The van der Waals surface area contributed by atoms with Crippen LogP contribution >= 0.6 is 0 Å². The van der Waals surface area contributed by atoms with Crippen molar-refractivity contribution in [3.63, 3.8) is 0 Å². The first-order valence-electron chi connectivity index (χ1n) is 11.2. The molecule has 0 bridgehead atoms. The third kappa shape index (κ3) is 3.26. The van der Waals surface area contributed by atoms with Gasteiger partial charge in [-0.05, 0) is 29.1 Å². The van der Waals surface area contributed by atoms with Gasteiger partial charge >= 0.3 is 0 Å². The molecule has 2 aliphatic heterocycles. The average Bonchev–Trinajstić information content (AvgIpc) is 3.40. The molecule has 4 aromatic rings. The molecule has 8 nitrogen and oxygen atoms in total. The number of amides is 2. The summed E-state index contributed by atoms with van der Waals surface area (Å²) in [4.78, 5) is 45.5. The Kier molecular flexibility index (Phi) is 4.82. The van der Waals surface area contributed by atoms with Crippen molar-refractivity contribution in [3.05, 3.63) is 113 Å².